The Morgan fingerprint density at radius 3 is 2.79 bits per heavy atom. The van der Waals surface area contributed by atoms with E-state index in [9.17, 15) is 9.59 Å². The Hall–Kier alpha value is -2.57. The predicted molar refractivity (Wildman–Crippen MR) is 91.9 cm³/mol. The number of unbranched alkanes of at least 4 members (excludes halogenated alkanes) is 3. The van der Waals surface area contributed by atoms with Crippen molar-refractivity contribution >= 4 is 10.8 Å². The first-order valence-electron chi connectivity index (χ1n) is 7.94. The summed E-state index contributed by atoms with van der Waals surface area (Å²) in [4.78, 5) is 26.6. The van der Waals surface area contributed by atoms with Crippen molar-refractivity contribution < 1.29 is 4.74 Å². The molecule has 128 valence electrons. The van der Waals surface area contributed by atoms with Gasteiger partial charge >= 0.3 is 0 Å². The highest BCUT2D eigenvalue weighted by Crippen LogP contribution is 2.10. The van der Waals surface area contributed by atoms with Crippen LogP contribution in [0.25, 0.3) is 21.2 Å². The van der Waals surface area contributed by atoms with E-state index in [0.29, 0.717) is 30.5 Å². The smallest absolute Gasteiger partial charge is 0.272 e. The lowest BCUT2D eigenvalue weighted by Gasteiger charge is -2.06. The predicted octanol–water partition coefficient (Wildman–Crippen LogP) is 2.61. The molecule has 1 N–H and O–H groups in total. The van der Waals surface area contributed by atoms with Gasteiger partial charge in [-0.2, -0.15) is 0 Å². The monoisotopic (exact) mass is 331 g/mol. The Morgan fingerprint density at radius 1 is 1.21 bits per heavy atom. The van der Waals surface area contributed by atoms with Gasteiger partial charge in [0.25, 0.3) is 11.1 Å². The molecule has 1 aromatic carbocycles. The molecule has 1 heterocycles. The van der Waals surface area contributed by atoms with Gasteiger partial charge < -0.3 is 4.74 Å². The van der Waals surface area contributed by atoms with Gasteiger partial charge in [0, 0.05) is 25.1 Å². The van der Waals surface area contributed by atoms with Crippen molar-refractivity contribution in [3.05, 3.63) is 54.9 Å². The largest absolute Gasteiger partial charge is 0.377 e. The van der Waals surface area contributed by atoms with Crippen LogP contribution in [-0.4, -0.2) is 22.9 Å². The number of azide groups is 1. The van der Waals surface area contributed by atoms with E-state index in [1.165, 1.54) is 11.7 Å². The van der Waals surface area contributed by atoms with Crippen LogP contribution in [-0.2, 0) is 18.4 Å². The summed E-state index contributed by atoms with van der Waals surface area (Å²) in [6, 6.07) is 5.17. The van der Waals surface area contributed by atoms with E-state index in [-0.39, 0.29) is 11.1 Å². The molecule has 0 spiro atoms. The third-order valence-corrected chi connectivity index (χ3v) is 3.76. The van der Waals surface area contributed by atoms with Crippen LogP contribution >= 0.6 is 0 Å². The van der Waals surface area contributed by atoms with E-state index in [1.807, 2.05) is 0 Å². The number of aryl methyl sites for hydroxylation is 1. The summed E-state index contributed by atoms with van der Waals surface area (Å²) in [7, 11) is 1.52. The summed E-state index contributed by atoms with van der Waals surface area (Å²) in [6.45, 7) is 1.58. The van der Waals surface area contributed by atoms with Gasteiger partial charge in [0.15, 0.2) is 0 Å². The van der Waals surface area contributed by atoms with E-state index in [1.54, 1.807) is 18.2 Å². The maximum Gasteiger partial charge on any atom is 0.272 e. The molecule has 0 aliphatic heterocycles. The zero-order valence-corrected chi connectivity index (χ0v) is 13.7. The van der Waals surface area contributed by atoms with Crippen LogP contribution in [0, 0.1) is 0 Å². The number of H-pyrrole nitrogens is 1. The first-order chi connectivity index (χ1) is 11.6. The van der Waals surface area contributed by atoms with Crippen molar-refractivity contribution in [3.8, 4) is 0 Å². The van der Waals surface area contributed by atoms with Crippen LogP contribution < -0.4 is 11.1 Å². The van der Waals surface area contributed by atoms with Crippen LogP contribution in [0.4, 0.5) is 0 Å². The number of aromatic nitrogens is 2. The summed E-state index contributed by atoms with van der Waals surface area (Å²) in [5.74, 6) is 0. The van der Waals surface area contributed by atoms with Crippen molar-refractivity contribution in [1.82, 2.24) is 9.78 Å². The average molecular weight is 331 g/mol. The lowest BCUT2D eigenvalue weighted by atomic mass is 10.1. The minimum absolute atomic E-state index is 0.230. The van der Waals surface area contributed by atoms with E-state index in [2.05, 4.69) is 15.1 Å². The minimum Gasteiger partial charge on any atom is -0.377 e. The van der Waals surface area contributed by atoms with Crippen LogP contribution in [0.15, 0.2) is 32.9 Å². The minimum atomic E-state index is -0.277. The third kappa shape index (κ3) is 4.71. The summed E-state index contributed by atoms with van der Waals surface area (Å²) in [5.41, 5.74) is 8.52. The summed E-state index contributed by atoms with van der Waals surface area (Å²) in [5, 5.41) is 6.76. The maximum absolute atomic E-state index is 12.1. The third-order valence-electron chi connectivity index (χ3n) is 3.76. The molecule has 0 saturated carbocycles. The highest BCUT2D eigenvalue weighted by molar-refractivity contribution is 5.81. The molecule has 0 atom stereocenters. The zero-order valence-electron chi connectivity index (χ0n) is 13.7. The van der Waals surface area contributed by atoms with Crippen molar-refractivity contribution in [2.45, 2.75) is 32.3 Å². The Morgan fingerprint density at radius 2 is 2.00 bits per heavy atom. The van der Waals surface area contributed by atoms with Gasteiger partial charge in [0.2, 0.25) is 0 Å². The molecule has 0 saturated heterocycles. The lowest BCUT2D eigenvalue weighted by Crippen LogP contribution is -2.27. The number of benzene rings is 1. The van der Waals surface area contributed by atoms with Crippen molar-refractivity contribution in [3.63, 3.8) is 0 Å². The standard InChI is InChI=1S/C16H21N5O3/c1-21-16(23)14-10-12(6-7-13(14)15(22)19-21)11-24-9-5-3-2-4-8-18-20-17/h6-7,10H,2-5,8-9,11H2,1H3,(H,19,22). The van der Waals surface area contributed by atoms with Gasteiger partial charge in [-0.3, -0.25) is 19.4 Å². The topological polar surface area (TPSA) is 113 Å². The quantitative estimate of drug-likeness (QED) is 0.330. The molecule has 0 bridgehead atoms. The fourth-order valence-corrected chi connectivity index (χ4v) is 2.48. The second-order valence-electron chi connectivity index (χ2n) is 5.61. The van der Waals surface area contributed by atoms with Gasteiger partial charge in [-0.05, 0) is 36.1 Å². The number of fused-ring (bicyclic) bond motifs is 1. The number of aromatic amines is 1. The van der Waals surface area contributed by atoms with Gasteiger partial charge in [0.1, 0.15) is 0 Å². The van der Waals surface area contributed by atoms with Crippen LogP contribution in [0.5, 0.6) is 0 Å². The molecule has 8 nitrogen and oxygen atoms in total. The summed E-state index contributed by atoms with van der Waals surface area (Å²) >= 11 is 0. The molecule has 8 heteroatoms. The Labute approximate surface area is 138 Å². The van der Waals surface area contributed by atoms with E-state index < -0.39 is 0 Å². The molecule has 0 aliphatic carbocycles. The molecule has 0 fully saturated rings. The van der Waals surface area contributed by atoms with Crippen LogP contribution in [0.2, 0.25) is 0 Å². The van der Waals surface area contributed by atoms with Crippen LogP contribution in [0.1, 0.15) is 31.2 Å². The van der Waals surface area contributed by atoms with Gasteiger partial charge in [-0.15, -0.1) is 0 Å². The molecule has 24 heavy (non-hydrogen) atoms. The maximum atomic E-state index is 12.1. The molecule has 2 aromatic rings. The molecule has 2 rings (SSSR count). The second-order valence-corrected chi connectivity index (χ2v) is 5.61. The van der Waals surface area contributed by atoms with Crippen molar-refractivity contribution in [2.24, 2.45) is 12.2 Å². The number of rotatable bonds is 9. The van der Waals surface area contributed by atoms with Gasteiger partial charge in [-0.1, -0.05) is 24.0 Å². The van der Waals surface area contributed by atoms with Crippen molar-refractivity contribution in [1.29, 1.82) is 0 Å². The Kier molecular flexibility index (Phi) is 6.60. The molecule has 0 unspecified atom stereocenters. The molecule has 1 aromatic heterocycles. The van der Waals surface area contributed by atoms with E-state index >= 15 is 0 Å². The van der Waals surface area contributed by atoms with Gasteiger partial charge in [-0.25, -0.2) is 0 Å². The fraction of sp³-hybridized carbons (Fsp3) is 0.500. The molecule has 0 amide bonds. The first-order valence-corrected chi connectivity index (χ1v) is 7.94. The highest BCUT2D eigenvalue weighted by atomic mass is 16.5. The van der Waals surface area contributed by atoms with Crippen LogP contribution in [0.3, 0.4) is 0 Å². The van der Waals surface area contributed by atoms with E-state index in [4.69, 9.17) is 10.3 Å². The number of nitrogens with zero attached hydrogens (tertiary/aromatic N) is 4. The number of hydrogen-bond acceptors (Lipinski definition) is 4. The molecular weight excluding hydrogens is 310 g/mol. The normalized spacial score (nSPS) is 10.7. The SMILES string of the molecule is Cn1[nH]c(=O)c2ccc(COCCCCCCN=[N+]=[N-])cc2c1=O. The zero-order chi connectivity index (χ0) is 17.4. The second kappa shape index (κ2) is 8.90. The van der Waals surface area contributed by atoms with E-state index in [0.717, 1.165) is 31.2 Å². The molecule has 0 aliphatic rings. The highest BCUT2D eigenvalue weighted by Gasteiger charge is 2.06. The summed E-state index contributed by atoms with van der Waals surface area (Å²) in [6.07, 6.45) is 3.86. The summed E-state index contributed by atoms with van der Waals surface area (Å²) < 4.78 is 6.81. The Balaban J connectivity index is 1.83. The first kappa shape index (κ1) is 17.8. The van der Waals surface area contributed by atoms with Crippen molar-refractivity contribution in [2.75, 3.05) is 13.2 Å². The number of hydrogen-bond donors (Lipinski definition) is 1. The van der Waals surface area contributed by atoms with Gasteiger partial charge in [0.05, 0.1) is 17.4 Å². The lowest BCUT2D eigenvalue weighted by molar-refractivity contribution is 0.117. The molecule has 0 radical (unpaired) electrons. The number of nitrogens with one attached hydrogen (secondary N) is 1. The Bertz CT molecular complexity index is 849. The fourth-order valence-electron chi connectivity index (χ4n) is 2.48. The molecular formula is C16H21N5O3. The average Bonchev–Trinajstić information content (AvgIpc) is 2.58. The number of ether oxygens (including phenoxy) is 1.